The highest BCUT2D eigenvalue weighted by Crippen LogP contribution is 2.02. The molecule has 0 saturated heterocycles. The predicted molar refractivity (Wildman–Crippen MR) is 70.9 cm³/mol. The topological polar surface area (TPSA) is 55.1 Å². The molecule has 17 heavy (non-hydrogen) atoms. The fourth-order valence-electron chi connectivity index (χ4n) is 1.45. The maximum Gasteiger partial charge on any atom is 0.251 e. The van der Waals surface area contributed by atoms with Crippen LogP contribution >= 0.6 is 0 Å². The maximum atomic E-state index is 12.0. The number of nitrogens with two attached hydrogens (primary N) is 1. The lowest BCUT2D eigenvalue weighted by molar-refractivity contribution is 0.0953. The molecule has 0 aliphatic carbocycles. The van der Waals surface area contributed by atoms with Gasteiger partial charge in [0.1, 0.15) is 0 Å². The van der Waals surface area contributed by atoms with Gasteiger partial charge in [-0.15, -0.1) is 0 Å². The minimum absolute atomic E-state index is 0.297. The van der Waals surface area contributed by atoms with Crippen LogP contribution < -0.4 is 11.1 Å². The second-order valence-corrected chi connectivity index (χ2v) is 3.81. The zero-order valence-corrected chi connectivity index (χ0v) is 9.94. The molecule has 0 saturated carbocycles. The molecule has 0 aliphatic heterocycles. The van der Waals surface area contributed by atoms with E-state index >= 15 is 0 Å². The molecular formula is C14H22N2O. The van der Waals surface area contributed by atoms with Gasteiger partial charge in [0.15, 0.2) is 0 Å². The number of nitrogens with one attached hydrogen (secondary N) is 1. The van der Waals surface area contributed by atoms with Gasteiger partial charge in [0, 0.05) is 12.1 Å². The zero-order valence-electron chi connectivity index (χ0n) is 14.9. The molecule has 1 rings (SSSR count). The van der Waals surface area contributed by atoms with Gasteiger partial charge in [-0.05, 0) is 31.5 Å². The molecule has 1 aromatic rings. The van der Waals surface area contributed by atoms with Crippen molar-refractivity contribution < 1.29 is 11.6 Å². The van der Waals surface area contributed by atoms with Gasteiger partial charge in [-0.3, -0.25) is 4.79 Å². The number of amides is 1. The van der Waals surface area contributed by atoms with E-state index in [1.165, 1.54) is 0 Å². The highest BCUT2D eigenvalue weighted by atomic mass is 16.1. The summed E-state index contributed by atoms with van der Waals surface area (Å²) in [6.45, 7) is 1.11. The molecule has 94 valence electrons. The van der Waals surface area contributed by atoms with Gasteiger partial charge in [-0.25, -0.2) is 0 Å². The van der Waals surface area contributed by atoms with Crippen LogP contribution in [0.1, 0.15) is 49.3 Å². The molecule has 0 aromatic heterocycles. The molecule has 0 unspecified atom stereocenters. The Morgan fingerprint density at radius 1 is 1.12 bits per heavy atom. The van der Waals surface area contributed by atoms with Crippen LogP contribution in [0.4, 0.5) is 0 Å². The summed E-state index contributed by atoms with van der Waals surface area (Å²) in [6, 6.07) is -2.41. The highest BCUT2D eigenvalue weighted by molar-refractivity contribution is 5.94. The van der Waals surface area contributed by atoms with Crippen molar-refractivity contribution in [2.45, 2.75) is 32.1 Å². The Bertz CT molecular complexity index is 507. The van der Waals surface area contributed by atoms with Crippen LogP contribution in [0.15, 0.2) is 30.2 Å². The van der Waals surface area contributed by atoms with Crippen molar-refractivity contribution in [3.63, 3.8) is 0 Å². The number of unbranched alkanes of at least 4 members (excludes halogenated alkanes) is 4. The Hall–Kier alpha value is -1.35. The minimum Gasteiger partial charge on any atom is -0.352 e. The summed E-state index contributed by atoms with van der Waals surface area (Å²) in [4.78, 5) is 12.0. The third-order valence-electron chi connectivity index (χ3n) is 2.39. The standard InChI is InChI=1S/C14H22N2O/c15-11-7-2-1-3-8-12-16-14(17)13-9-5-4-6-10-13/h4-6,9-10H,1-3,7-8,11-12,15H2,(H,16,17)/i4D,5D,6D,9D,10D. The number of benzene rings is 1. The van der Waals surface area contributed by atoms with E-state index in [4.69, 9.17) is 12.6 Å². The van der Waals surface area contributed by atoms with Crippen molar-refractivity contribution in [2.24, 2.45) is 5.73 Å². The Morgan fingerprint density at radius 2 is 1.76 bits per heavy atom. The van der Waals surface area contributed by atoms with Gasteiger partial charge in [0.2, 0.25) is 0 Å². The number of hydrogen-bond acceptors (Lipinski definition) is 2. The lowest BCUT2D eigenvalue weighted by Crippen LogP contribution is -2.24. The van der Waals surface area contributed by atoms with Gasteiger partial charge in [-0.1, -0.05) is 37.4 Å². The third kappa shape index (κ3) is 6.07. The smallest absolute Gasteiger partial charge is 0.251 e. The molecule has 3 heteroatoms. The molecule has 0 atom stereocenters. The largest absolute Gasteiger partial charge is 0.352 e. The summed E-state index contributed by atoms with van der Waals surface area (Å²) in [5.74, 6) is -0.626. The van der Waals surface area contributed by atoms with Gasteiger partial charge in [0.25, 0.3) is 5.91 Å². The monoisotopic (exact) mass is 239 g/mol. The first kappa shape index (κ1) is 7.88. The van der Waals surface area contributed by atoms with Gasteiger partial charge < -0.3 is 11.1 Å². The Labute approximate surface area is 110 Å². The summed E-state index contributed by atoms with van der Waals surface area (Å²) >= 11 is 0. The second-order valence-electron chi connectivity index (χ2n) is 3.81. The lowest BCUT2D eigenvalue weighted by Gasteiger charge is -2.04. The van der Waals surface area contributed by atoms with Crippen LogP contribution in [0.3, 0.4) is 0 Å². The molecule has 3 N–H and O–H groups in total. The molecule has 0 radical (unpaired) electrons. The molecule has 0 spiro atoms. The van der Waals surface area contributed by atoms with Crippen molar-refractivity contribution in [1.82, 2.24) is 5.32 Å². The molecule has 1 amide bonds. The molecule has 0 fully saturated rings. The zero-order chi connectivity index (χ0) is 16.7. The van der Waals surface area contributed by atoms with E-state index in [1.807, 2.05) is 0 Å². The number of carbonyl (C=O) groups is 1. The number of hydrogen-bond donors (Lipinski definition) is 2. The van der Waals surface area contributed by atoms with E-state index in [0.29, 0.717) is 13.1 Å². The first-order chi connectivity index (χ1) is 10.4. The average molecular weight is 239 g/mol. The summed E-state index contributed by atoms with van der Waals surface area (Å²) in [7, 11) is 0. The second kappa shape index (κ2) is 8.76. The van der Waals surface area contributed by atoms with Crippen molar-refractivity contribution in [3.05, 3.63) is 35.8 Å². The predicted octanol–water partition coefficient (Wildman–Crippen LogP) is 2.33. The average Bonchev–Trinajstić information content (AvgIpc) is 2.50. The van der Waals surface area contributed by atoms with Gasteiger partial charge in [-0.2, -0.15) is 0 Å². The molecule has 1 aromatic carbocycles. The van der Waals surface area contributed by atoms with Crippen LogP contribution in [0.2, 0.25) is 0 Å². The van der Waals surface area contributed by atoms with Crippen molar-refractivity contribution in [2.75, 3.05) is 13.1 Å². The highest BCUT2D eigenvalue weighted by Gasteiger charge is 2.02. The summed E-state index contributed by atoms with van der Waals surface area (Å²) < 4.78 is 38.0. The minimum atomic E-state index is -0.626. The fourth-order valence-corrected chi connectivity index (χ4v) is 1.45. The van der Waals surface area contributed by atoms with Crippen LogP contribution in [-0.4, -0.2) is 19.0 Å². The molecule has 0 bridgehead atoms. The Balaban J connectivity index is 2.60. The maximum absolute atomic E-state index is 12.0. The summed E-state index contributed by atoms with van der Waals surface area (Å²) in [5, 5.41) is 2.61. The SMILES string of the molecule is [2H]c1c([2H])c([2H])c(C(=O)NCCCCCCCN)c([2H])c1[2H]. The summed E-state index contributed by atoms with van der Waals surface area (Å²) in [5.41, 5.74) is 5.10. The Morgan fingerprint density at radius 3 is 2.47 bits per heavy atom. The molecule has 0 heterocycles. The summed E-state index contributed by atoms with van der Waals surface area (Å²) in [6.07, 6.45) is 4.85. The third-order valence-corrected chi connectivity index (χ3v) is 2.39. The van der Waals surface area contributed by atoms with E-state index in [9.17, 15) is 4.79 Å². The van der Waals surface area contributed by atoms with E-state index in [2.05, 4.69) is 5.32 Å². The molecule has 3 nitrogen and oxygen atoms in total. The first-order valence-electron chi connectivity index (χ1n) is 8.47. The quantitative estimate of drug-likeness (QED) is 0.684. The fraction of sp³-hybridized carbons (Fsp3) is 0.500. The van der Waals surface area contributed by atoms with Crippen LogP contribution in [0.5, 0.6) is 0 Å². The van der Waals surface area contributed by atoms with Crippen LogP contribution in [0.25, 0.3) is 0 Å². The van der Waals surface area contributed by atoms with E-state index in [-0.39, 0.29) is 5.56 Å². The van der Waals surface area contributed by atoms with Gasteiger partial charge in [0.05, 0.1) is 6.85 Å². The van der Waals surface area contributed by atoms with Crippen molar-refractivity contribution >= 4 is 5.91 Å². The van der Waals surface area contributed by atoms with E-state index < -0.39 is 36.1 Å². The van der Waals surface area contributed by atoms with E-state index in [1.54, 1.807) is 0 Å². The van der Waals surface area contributed by atoms with Crippen LogP contribution in [0, 0.1) is 0 Å². The molecular weight excluding hydrogens is 212 g/mol. The van der Waals surface area contributed by atoms with Crippen LogP contribution in [-0.2, 0) is 0 Å². The Kier molecular flexibility index (Phi) is 4.06. The van der Waals surface area contributed by atoms with Gasteiger partial charge >= 0.3 is 0 Å². The van der Waals surface area contributed by atoms with E-state index in [0.717, 1.165) is 32.1 Å². The van der Waals surface area contributed by atoms with Crippen molar-refractivity contribution in [1.29, 1.82) is 0 Å². The lowest BCUT2D eigenvalue weighted by atomic mass is 10.1. The first-order valence-corrected chi connectivity index (χ1v) is 5.97. The van der Waals surface area contributed by atoms with Crippen molar-refractivity contribution in [3.8, 4) is 0 Å². The molecule has 0 aliphatic rings. The number of carbonyl (C=O) groups excluding carboxylic acids is 1. The number of rotatable bonds is 8. The normalized spacial score (nSPS) is 14.3.